The van der Waals surface area contributed by atoms with E-state index in [1.807, 2.05) is 6.92 Å². The summed E-state index contributed by atoms with van der Waals surface area (Å²) in [5.74, 6) is 0.959. The Morgan fingerprint density at radius 1 is 1.50 bits per heavy atom. The second-order valence-corrected chi connectivity index (χ2v) is 6.05. The summed E-state index contributed by atoms with van der Waals surface area (Å²) in [6.07, 6.45) is 3.42. The van der Waals surface area contributed by atoms with Crippen LogP contribution in [-0.4, -0.2) is 15.1 Å². The van der Waals surface area contributed by atoms with Crippen LogP contribution in [0, 0.1) is 5.92 Å². The fraction of sp³-hybridized carbons (Fsp3) is 0.357. The van der Waals surface area contributed by atoms with E-state index in [2.05, 4.69) is 9.36 Å². The number of hydrogen-bond acceptors (Lipinski definition) is 5. The van der Waals surface area contributed by atoms with Crippen LogP contribution >= 0.6 is 23.1 Å². The van der Waals surface area contributed by atoms with E-state index < -0.39 is 0 Å². The van der Waals surface area contributed by atoms with Gasteiger partial charge in [-0.15, -0.1) is 0 Å². The van der Waals surface area contributed by atoms with Crippen LogP contribution in [0.4, 0.5) is 0 Å². The SMILES string of the molecule is C[C@@H](Oc1ccc(C(=O)C2CC2)nc1)c1cc(Cl)ns1. The zero-order valence-electron chi connectivity index (χ0n) is 10.9. The maximum Gasteiger partial charge on any atom is 0.184 e. The summed E-state index contributed by atoms with van der Waals surface area (Å²) >= 11 is 7.11. The molecule has 0 N–H and O–H groups in total. The maximum atomic E-state index is 11.8. The number of carbonyl (C=O) groups is 1. The van der Waals surface area contributed by atoms with Gasteiger partial charge in [0, 0.05) is 5.92 Å². The van der Waals surface area contributed by atoms with Crippen LogP contribution in [0.3, 0.4) is 0 Å². The molecule has 1 aliphatic rings. The minimum Gasteiger partial charge on any atom is -0.484 e. The Morgan fingerprint density at radius 3 is 2.85 bits per heavy atom. The summed E-state index contributed by atoms with van der Waals surface area (Å²) in [7, 11) is 0. The highest BCUT2D eigenvalue weighted by Crippen LogP contribution is 2.32. The van der Waals surface area contributed by atoms with Crippen LogP contribution in [0.25, 0.3) is 0 Å². The fourth-order valence-corrected chi connectivity index (χ4v) is 2.76. The third-order valence-corrected chi connectivity index (χ3v) is 4.39. The van der Waals surface area contributed by atoms with Gasteiger partial charge in [0.15, 0.2) is 5.78 Å². The summed E-state index contributed by atoms with van der Waals surface area (Å²) in [5, 5.41) is 0.476. The molecule has 0 radical (unpaired) electrons. The minimum absolute atomic E-state index is 0.138. The summed E-state index contributed by atoms with van der Waals surface area (Å²) in [5.41, 5.74) is 0.522. The quantitative estimate of drug-likeness (QED) is 0.785. The number of halogens is 1. The van der Waals surface area contributed by atoms with E-state index in [9.17, 15) is 4.79 Å². The molecule has 6 heteroatoms. The fourth-order valence-electron chi connectivity index (χ4n) is 1.87. The molecule has 0 bridgehead atoms. The first kappa shape index (κ1) is 13.5. The van der Waals surface area contributed by atoms with E-state index in [0.29, 0.717) is 16.6 Å². The molecule has 0 unspecified atom stereocenters. The second kappa shape index (κ2) is 5.50. The monoisotopic (exact) mass is 308 g/mol. The van der Waals surface area contributed by atoms with Gasteiger partial charge in [-0.05, 0) is 49.5 Å². The van der Waals surface area contributed by atoms with Gasteiger partial charge in [-0.25, -0.2) is 4.98 Å². The van der Waals surface area contributed by atoms with Crippen LogP contribution in [-0.2, 0) is 0 Å². The molecule has 1 saturated carbocycles. The molecule has 0 amide bonds. The number of hydrogen-bond donors (Lipinski definition) is 0. The molecule has 0 saturated heterocycles. The molecule has 0 aliphatic heterocycles. The molecular weight excluding hydrogens is 296 g/mol. The Balaban J connectivity index is 1.67. The second-order valence-electron chi connectivity index (χ2n) is 4.83. The van der Waals surface area contributed by atoms with Crippen LogP contribution in [0.1, 0.15) is 41.2 Å². The Bertz CT molecular complexity index is 622. The molecule has 0 spiro atoms. The number of aromatic nitrogens is 2. The van der Waals surface area contributed by atoms with Crippen molar-refractivity contribution in [2.24, 2.45) is 5.92 Å². The number of carbonyl (C=O) groups excluding carboxylic acids is 1. The molecule has 1 aliphatic carbocycles. The zero-order valence-corrected chi connectivity index (χ0v) is 12.4. The Kier molecular flexibility index (Phi) is 3.72. The number of Topliss-reactive ketones (excluding diaryl/α,β-unsaturated/α-hetero) is 1. The Hall–Kier alpha value is -1.46. The maximum absolute atomic E-state index is 11.8. The predicted molar refractivity (Wildman–Crippen MR) is 77.5 cm³/mol. The van der Waals surface area contributed by atoms with Gasteiger partial charge in [0.1, 0.15) is 22.7 Å². The third-order valence-electron chi connectivity index (χ3n) is 3.15. The van der Waals surface area contributed by atoms with Crippen LogP contribution < -0.4 is 4.74 Å². The molecular formula is C14H13ClN2O2S. The lowest BCUT2D eigenvalue weighted by Crippen LogP contribution is -2.05. The van der Waals surface area contributed by atoms with Gasteiger partial charge in [-0.3, -0.25) is 4.79 Å². The van der Waals surface area contributed by atoms with Crippen molar-refractivity contribution in [1.29, 1.82) is 0 Å². The average molecular weight is 309 g/mol. The summed E-state index contributed by atoms with van der Waals surface area (Å²) in [6.45, 7) is 1.92. The first-order chi connectivity index (χ1) is 9.63. The van der Waals surface area contributed by atoms with E-state index in [1.54, 1.807) is 24.4 Å². The normalized spacial score (nSPS) is 15.9. The van der Waals surface area contributed by atoms with Gasteiger partial charge in [0.25, 0.3) is 0 Å². The molecule has 104 valence electrons. The molecule has 2 aromatic rings. The molecule has 0 aromatic carbocycles. The van der Waals surface area contributed by atoms with Crippen LogP contribution in [0.15, 0.2) is 24.4 Å². The first-order valence-corrected chi connectivity index (χ1v) is 7.57. The number of rotatable bonds is 5. The van der Waals surface area contributed by atoms with Gasteiger partial charge in [0.05, 0.1) is 11.1 Å². The smallest absolute Gasteiger partial charge is 0.184 e. The van der Waals surface area contributed by atoms with Crippen molar-refractivity contribution in [2.45, 2.75) is 25.9 Å². The lowest BCUT2D eigenvalue weighted by atomic mass is 10.2. The molecule has 1 atom stereocenters. The van der Waals surface area contributed by atoms with Gasteiger partial charge < -0.3 is 4.74 Å². The molecule has 2 heterocycles. The van der Waals surface area contributed by atoms with Crippen molar-refractivity contribution >= 4 is 28.9 Å². The standard InChI is InChI=1S/C14H13ClN2O2S/c1-8(12-6-13(15)17-20-12)19-10-4-5-11(16-7-10)14(18)9-2-3-9/h4-9H,2-3H2,1H3/t8-/m1/s1. The summed E-state index contributed by atoms with van der Waals surface area (Å²) in [4.78, 5) is 17.0. The van der Waals surface area contributed by atoms with E-state index in [1.165, 1.54) is 11.5 Å². The predicted octanol–water partition coefficient (Wildman–Crippen LogP) is 3.92. The highest BCUT2D eigenvalue weighted by Gasteiger charge is 2.31. The van der Waals surface area contributed by atoms with Gasteiger partial charge >= 0.3 is 0 Å². The van der Waals surface area contributed by atoms with E-state index in [4.69, 9.17) is 16.3 Å². The molecule has 2 aromatic heterocycles. The Labute approximate surface area is 125 Å². The van der Waals surface area contributed by atoms with Crippen molar-refractivity contribution in [3.05, 3.63) is 40.1 Å². The molecule has 1 fully saturated rings. The first-order valence-electron chi connectivity index (χ1n) is 6.42. The van der Waals surface area contributed by atoms with Crippen molar-refractivity contribution in [2.75, 3.05) is 0 Å². The molecule has 4 nitrogen and oxygen atoms in total. The molecule has 3 rings (SSSR count). The lowest BCUT2D eigenvalue weighted by molar-refractivity contribution is 0.0962. The number of ketones is 1. The zero-order chi connectivity index (χ0) is 14.1. The number of ether oxygens (including phenoxy) is 1. The number of nitrogens with zero attached hydrogens (tertiary/aromatic N) is 2. The average Bonchev–Trinajstić information content (AvgIpc) is 3.20. The van der Waals surface area contributed by atoms with Gasteiger partial charge in [-0.2, -0.15) is 4.37 Å². The van der Waals surface area contributed by atoms with Crippen molar-refractivity contribution in [3.8, 4) is 5.75 Å². The van der Waals surface area contributed by atoms with E-state index >= 15 is 0 Å². The van der Waals surface area contributed by atoms with Gasteiger partial charge in [0.2, 0.25) is 0 Å². The number of pyridine rings is 1. The van der Waals surface area contributed by atoms with E-state index in [0.717, 1.165) is 17.7 Å². The summed E-state index contributed by atoms with van der Waals surface area (Å²) in [6, 6.07) is 5.29. The Morgan fingerprint density at radius 2 is 2.30 bits per heavy atom. The van der Waals surface area contributed by atoms with Crippen molar-refractivity contribution in [1.82, 2.24) is 9.36 Å². The van der Waals surface area contributed by atoms with Gasteiger partial charge in [-0.1, -0.05) is 11.6 Å². The molecule has 20 heavy (non-hydrogen) atoms. The summed E-state index contributed by atoms with van der Waals surface area (Å²) < 4.78 is 9.77. The van der Waals surface area contributed by atoms with Crippen molar-refractivity contribution in [3.63, 3.8) is 0 Å². The van der Waals surface area contributed by atoms with Crippen molar-refractivity contribution < 1.29 is 9.53 Å². The highest BCUT2D eigenvalue weighted by atomic mass is 35.5. The lowest BCUT2D eigenvalue weighted by Gasteiger charge is -2.12. The minimum atomic E-state index is -0.146. The largest absolute Gasteiger partial charge is 0.484 e. The third kappa shape index (κ3) is 2.99. The highest BCUT2D eigenvalue weighted by molar-refractivity contribution is 7.06. The van der Waals surface area contributed by atoms with Crippen LogP contribution in [0.5, 0.6) is 5.75 Å². The van der Waals surface area contributed by atoms with Crippen LogP contribution in [0.2, 0.25) is 5.15 Å². The van der Waals surface area contributed by atoms with E-state index in [-0.39, 0.29) is 17.8 Å². The topological polar surface area (TPSA) is 52.1 Å².